The van der Waals surface area contributed by atoms with Crippen molar-refractivity contribution in [1.82, 2.24) is 0 Å². The first-order chi connectivity index (χ1) is 5.83. The molecule has 0 spiro atoms. The predicted octanol–water partition coefficient (Wildman–Crippen LogP) is 1.06. The summed E-state index contributed by atoms with van der Waals surface area (Å²) in [5, 5.41) is 0. The summed E-state index contributed by atoms with van der Waals surface area (Å²) in [7, 11) is 0. The third-order valence-electron chi connectivity index (χ3n) is 1.33. The van der Waals surface area contributed by atoms with Crippen LogP contribution >= 0.6 is 0 Å². The Hall–Kier alpha value is -0.410. The van der Waals surface area contributed by atoms with Crippen LogP contribution in [0.3, 0.4) is 0 Å². The molecule has 0 radical (unpaired) electrons. The normalized spacial score (nSPS) is 8.58. The first kappa shape index (κ1) is 14.1. The first-order valence-corrected chi connectivity index (χ1v) is 4.67. The van der Waals surface area contributed by atoms with Crippen molar-refractivity contribution < 1.29 is 4.79 Å². The minimum atomic E-state index is 0.664. The largest absolute Gasteiger partial charge is 0.330 e. The van der Waals surface area contributed by atoms with E-state index in [0.29, 0.717) is 13.0 Å². The fraction of sp³-hybridized carbons (Fsp3) is 0.889. The van der Waals surface area contributed by atoms with Crippen molar-refractivity contribution in [3.05, 3.63) is 0 Å². The van der Waals surface area contributed by atoms with Gasteiger partial charge in [-0.1, -0.05) is 13.3 Å². The Morgan fingerprint density at radius 1 is 1.08 bits per heavy atom. The molecule has 0 saturated heterocycles. The average Bonchev–Trinajstić information content (AvgIpc) is 2.08. The molecule has 0 aliphatic heterocycles. The van der Waals surface area contributed by atoms with Gasteiger partial charge in [0.1, 0.15) is 6.29 Å². The summed E-state index contributed by atoms with van der Waals surface area (Å²) < 4.78 is 0. The summed E-state index contributed by atoms with van der Waals surface area (Å²) in [5.74, 6) is 0. The molecule has 0 aromatic rings. The van der Waals surface area contributed by atoms with Gasteiger partial charge in [-0.15, -0.1) is 0 Å². The summed E-state index contributed by atoms with van der Waals surface area (Å²) in [6, 6.07) is 0. The second-order valence-corrected chi connectivity index (χ2v) is 2.59. The number of aldehydes is 1. The molecule has 0 aliphatic carbocycles. The van der Waals surface area contributed by atoms with Gasteiger partial charge in [-0.25, -0.2) is 0 Å². The van der Waals surface area contributed by atoms with Crippen molar-refractivity contribution in [3.63, 3.8) is 0 Å². The van der Waals surface area contributed by atoms with Crippen LogP contribution in [0, 0.1) is 0 Å². The van der Waals surface area contributed by atoms with E-state index in [2.05, 4.69) is 6.92 Å². The lowest BCUT2D eigenvalue weighted by atomic mass is 10.2. The second-order valence-electron chi connectivity index (χ2n) is 2.59. The molecule has 3 nitrogen and oxygen atoms in total. The Kier molecular flexibility index (Phi) is 19.9. The van der Waals surface area contributed by atoms with E-state index in [1.165, 1.54) is 12.8 Å². The van der Waals surface area contributed by atoms with E-state index >= 15 is 0 Å². The molecule has 0 aliphatic rings. The highest BCUT2D eigenvalue weighted by molar-refractivity contribution is 5.48. The van der Waals surface area contributed by atoms with Gasteiger partial charge in [-0.05, 0) is 32.4 Å². The lowest BCUT2D eigenvalue weighted by molar-refractivity contribution is -0.107. The highest BCUT2D eigenvalue weighted by Gasteiger charge is 1.80. The molecule has 0 fully saturated rings. The number of hydrogen-bond acceptors (Lipinski definition) is 3. The molecule has 0 rings (SSSR count). The molecule has 0 saturated carbocycles. The van der Waals surface area contributed by atoms with Gasteiger partial charge in [0.25, 0.3) is 0 Å². The van der Waals surface area contributed by atoms with E-state index in [1.807, 2.05) is 0 Å². The molecule has 0 amide bonds. The van der Waals surface area contributed by atoms with Gasteiger partial charge in [0.15, 0.2) is 0 Å². The lowest BCUT2D eigenvalue weighted by Gasteiger charge is -1.86. The Balaban J connectivity index is 0. The quantitative estimate of drug-likeness (QED) is 0.467. The van der Waals surface area contributed by atoms with Crippen LogP contribution in [0.15, 0.2) is 0 Å². The number of carbonyl (C=O) groups excluding carboxylic acids is 1. The van der Waals surface area contributed by atoms with E-state index in [9.17, 15) is 4.79 Å². The number of hydrogen-bond donors (Lipinski definition) is 2. The van der Waals surface area contributed by atoms with Gasteiger partial charge in [0.2, 0.25) is 0 Å². The van der Waals surface area contributed by atoms with Crippen LogP contribution in [0.4, 0.5) is 0 Å². The maximum absolute atomic E-state index is 9.64. The van der Waals surface area contributed by atoms with Crippen molar-refractivity contribution in [2.45, 2.75) is 39.0 Å². The van der Waals surface area contributed by atoms with Crippen LogP contribution in [0.2, 0.25) is 0 Å². The first-order valence-electron chi connectivity index (χ1n) is 4.67. The van der Waals surface area contributed by atoms with Gasteiger partial charge in [0.05, 0.1) is 0 Å². The number of carbonyl (C=O) groups is 1. The molecule has 4 N–H and O–H groups in total. The molecule has 3 heteroatoms. The van der Waals surface area contributed by atoms with Crippen LogP contribution in [-0.4, -0.2) is 19.4 Å². The third kappa shape index (κ3) is 22.6. The average molecular weight is 174 g/mol. The zero-order valence-electron chi connectivity index (χ0n) is 8.09. The second kappa shape index (κ2) is 16.9. The highest BCUT2D eigenvalue weighted by Crippen LogP contribution is 1.87. The lowest BCUT2D eigenvalue weighted by Crippen LogP contribution is -1.97. The number of rotatable bonds is 6. The van der Waals surface area contributed by atoms with E-state index < -0.39 is 0 Å². The number of unbranched alkanes of at least 4 members (excludes halogenated alkanes) is 3. The Morgan fingerprint density at radius 3 is 1.92 bits per heavy atom. The van der Waals surface area contributed by atoms with Crippen molar-refractivity contribution in [2.75, 3.05) is 13.1 Å². The fourth-order valence-electron chi connectivity index (χ4n) is 0.576. The van der Waals surface area contributed by atoms with Gasteiger partial charge in [-0.2, -0.15) is 0 Å². The summed E-state index contributed by atoms with van der Waals surface area (Å²) in [6.45, 7) is 3.68. The number of nitrogens with two attached hydrogens (primary N) is 2. The Bertz CT molecular complexity index is 74.9. The minimum absolute atomic E-state index is 0.664. The third-order valence-corrected chi connectivity index (χ3v) is 1.33. The van der Waals surface area contributed by atoms with Crippen molar-refractivity contribution >= 4 is 6.29 Å². The Morgan fingerprint density at radius 2 is 1.67 bits per heavy atom. The SMILES string of the molecule is CCCCN.NCCCCC=O. The van der Waals surface area contributed by atoms with E-state index in [4.69, 9.17) is 11.5 Å². The van der Waals surface area contributed by atoms with Gasteiger partial charge >= 0.3 is 0 Å². The smallest absolute Gasteiger partial charge is 0.119 e. The highest BCUT2D eigenvalue weighted by atomic mass is 16.1. The standard InChI is InChI=1S/C5H11NO.C4H11N/c6-4-2-1-3-5-7;1-2-3-4-5/h5H,1-4,6H2;2-5H2,1H3. The molecule has 12 heavy (non-hydrogen) atoms. The maximum Gasteiger partial charge on any atom is 0.119 e. The molecule has 0 bridgehead atoms. The van der Waals surface area contributed by atoms with Crippen LogP contribution in [0.5, 0.6) is 0 Å². The van der Waals surface area contributed by atoms with Crippen molar-refractivity contribution in [1.29, 1.82) is 0 Å². The predicted molar refractivity (Wildman–Crippen MR) is 52.9 cm³/mol. The van der Waals surface area contributed by atoms with Gasteiger partial charge in [0, 0.05) is 6.42 Å². The summed E-state index contributed by atoms with van der Waals surface area (Å²) in [4.78, 5) is 9.64. The fourth-order valence-corrected chi connectivity index (χ4v) is 0.576. The maximum atomic E-state index is 9.64. The molecule has 0 aromatic carbocycles. The molecule has 74 valence electrons. The van der Waals surface area contributed by atoms with Crippen LogP contribution in [0.25, 0.3) is 0 Å². The zero-order valence-corrected chi connectivity index (χ0v) is 8.09. The monoisotopic (exact) mass is 174 g/mol. The topological polar surface area (TPSA) is 69.1 Å². The summed E-state index contributed by atoms with van der Waals surface area (Å²) >= 11 is 0. The molecular formula is C9H22N2O. The summed E-state index contributed by atoms with van der Waals surface area (Å²) in [6.07, 6.45) is 5.89. The summed E-state index contributed by atoms with van der Waals surface area (Å²) in [5.41, 5.74) is 10.3. The molecule has 0 atom stereocenters. The van der Waals surface area contributed by atoms with Crippen LogP contribution in [-0.2, 0) is 4.79 Å². The molecule has 0 aromatic heterocycles. The molecular weight excluding hydrogens is 152 g/mol. The van der Waals surface area contributed by atoms with Crippen molar-refractivity contribution in [3.8, 4) is 0 Å². The van der Waals surface area contributed by atoms with Gasteiger partial charge < -0.3 is 16.3 Å². The minimum Gasteiger partial charge on any atom is -0.330 e. The van der Waals surface area contributed by atoms with Crippen LogP contribution < -0.4 is 11.5 Å². The zero-order chi connectivity index (χ0) is 9.66. The Labute approximate surface area is 75.5 Å². The van der Waals surface area contributed by atoms with Crippen LogP contribution in [0.1, 0.15) is 39.0 Å². The van der Waals surface area contributed by atoms with Gasteiger partial charge in [-0.3, -0.25) is 0 Å². The van der Waals surface area contributed by atoms with E-state index in [0.717, 1.165) is 25.7 Å². The molecule has 0 heterocycles. The molecule has 0 unspecified atom stereocenters. The van der Waals surface area contributed by atoms with E-state index in [1.54, 1.807) is 0 Å². The van der Waals surface area contributed by atoms with E-state index in [-0.39, 0.29) is 0 Å². The van der Waals surface area contributed by atoms with Crippen molar-refractivity contribution in [2.24, 2.45) is 11.5 Å².